The van der Waals surface area contributed by atoms with Gasteiger partial charge in [0, 0.05) is 32.3 Å². The quantitative estimate of drug-likeness (QED) is 0.292. The maximum absolute atomic E-state index is 14.0. The number of hydrogen-bond donors (Lipinski definition) is 3. The molecule has 0 aliphatic carbocycles. The lowest BCUT2D eigenvalue weighted by Gasteiger charge is -2.31. The molecule has 9 nitrogen and oxygen atoms in total. The van der Waals surface area contributed by atoms with E-state index in [2.05, 4.69) is 15.6 Å². The summed E-state index contributed by atoms with van der Waals surface area (Å²) in [6.45, 7) is 2.92. The van der Waals surface area contributed by atoms with E-state index in [9.17, 15) is 22.0 Å². The number of sulfonamides is 1. The number of carbonyl (C=O) groups is 1. The van der Waals surface area contributed by atoms with Crippen molar-refractivity contribution in [3.8, 4) is 0 Å². The average Bonchev–Trinajstić information content (AvgIpc) is 3.48. The maximum atomic E-state index is 14.0. The molecule has 0 bridgehead atoms. The molecule has 3 heterocycles. The number of nitrogens with zero attached hydrogens (tertiary/aromatic N) is 2. The van der Waals surface area contributed by atoms with Gasteiger partial charge in [0.25, 0.3) is 0 Å². The molecule has 1 aromatic heterocycles. The van der Waals surface area contributed by atoms with Crippen LogP contribution in [0.5, 0.6) is 0 Å². The Morgan fingerprint density at radius 3 is 2.61 bits per heavy atom. The van der Waals surface area contributed by atoms with E-state index >= 15 is 0 Å². The molecule has 0 saturated carbocycles. The first kappa shape index (κ1) is 26.9. The van der Waals surface area contributed by atoms with Crippen molar-refractivity contribution in [3.63, 3.8) is 0 Å². The van der Waals surface area contributed by atoms with E-state index in [1.165, 1.54) is 10.4 Å². The Bertz CT molecular complexity index is 1140. The number of ether oxygens (including phenoxy) is 1. The molecule has 1 unspecified atom stereocenters. The Hall–Kier alpha value is -2.19. The van der Waals surface area contributed by atoms with Crippen LogP contribution in [0.15, 0.2) is 18.2 Å². The molecular weight excluding hydrogens is 512 g/mol. The highest BCUT2D eigenvalue weighted by atomic mass is 32.2. The van der Waals surface area contributed by atoms with E-state index in [-0.39, 0.29) is 28.6 Å². The van der Waals surface area contributed by atoms with Gasteiger partial charge in [-0.1, -0.05) is 17.4 Å². The van der Waals surface area contributed by atoms with Gasteiger partial charge in [0.05, 0.1) is 17.4 Å². The molecule has 0 spiro atoms. The van der Waals surface area contributed by atoms with E-state index in [0.29, 0.717) is 44.0 Å². The molecule has 0 amide bonds. The zero-order chi connectivity index (χ0) is 25.7. The Balaban J connectivity index is 1.24. The highest BCUT2D eigenvalue weighted by Gasteiger charge is 2.29. The lowest BCUT2D eigenvalue weighted by molar-refractivity contribution is 0.103. The topological polar surface area (TPSA) is 127 Å². The normalized spacial score (nSPS) is 19.6. The first-order valence-corrected chi connectivity index (χ1v) is 14.5. The number of nitrogens with two attached hydrogens (primary N) is 1. The van der Waals surface area contributed by atoms with Crippen molar-refractivity contribution in [1.29, 1.82) is 0 Å². The number of piperidine rings is 1. The fourth-order valence-corrected chi connectivity index (χ4v) is 6.86. The highest BCUT2D eigenvalue weighted by Crippen LogP contribution is 2.30. The number of nitrogens with one attached hydrogen (secondary N) is 2. The van der Waals surface area contributed by atoms with Gasteiger partial charge in [0.1, 0.15) is 22.3 Å². The third-order valence-electron chi connectivity index (χ3n) is 6.38. The van der Waals surface area contributed by atoms with Crippen molar-refractivity contribution in [2.45, 2.75) is 44.2 Å². The van der Waals surface area contributed by atoms with Crippen molar-refractivity contribution in [2.75, 3.05) is 49.6 Å². The fourth-order valence-electron chi connectivity index (χ4n) is 4.41. The lowest BCUT2D eigenvalue weighted by Crippen LogP contribution is -2.43. The molecular formula is C23H31F2N5O4S2. The van der Waals surface area contributed by atoms with E-state index in [1.807, 2.05) is 0 Å². The smallest absolute Gasteiger partial charge is 0.214 e. The predicted octanol–water partition coefficient (Wildman–Crippen LogP) is 2.60. The van der Waals surface area contributed by atoms with Gasteiger partial charge < -0.3 is 21.1 Å². The number of anilines is 2. The minimum absolute atomic E-state index is 0.0467. The van der Waals surface area contributed by atoms with Crippen LogP contribution in [-0.4, -0.2) is 74.2 Å². The van der Waals surface area contributed by atoms with Gasteiger partial charge in [-0.25, -0.2) is 26.5 Å². The number of hydrogen-bond acceptors (Lipinski definition) is 9. The number of rotatable bonds is 11. The lowest BCUT2D eigenvalue weighted by atomic mass is 10.1. The standard InChI is InChI=1S/C23H31F2N5O4S2/c24-17-5-1-6-18(25)19(17)20(31)21-22(26)29-23(35-21)28-15-7-10-30(11-8-15)36(32,33)13-3-9-27-14-16-4-2-12-34-16/h1,5-6,15-16,27H,2-4,7-14,26H2,(H,28,29). The van der Waals surface area contributed by atoms with Crippen molar-refractivity contribution in [2.24, 2.45) is 0 Å². The largest absolute Gasteiger partial charge is 0.382 e. The molecule has 198 valence electrons. The second-order valence-corrected chi connectivity index (χ2v) is 12.1. The molecule has 4 rings (SSSR count). The summed E-state index contributed by atoms with van der Waals surface area (Å²) >= 11 is 0.927. The van der Waals surface area contributed by atoms with Crippen LogP contribution in [0, 0.1) is 11.6 Å². The van der Waals surface area contributed by atoms with Crippen LogP contribution < -0.4 is 16.4 Å². The van der Waals surface area contributed by atoms with E-state index in [1.54, 1.807) is 0 Å². The number of halogens is 2. The molecule has 36 heavy (non-hydrogen) atoms. The van der Waals surface area contributed by atoms with Crippen LogP contribution in [0.1, 0.15) is 47.3 Å². The third kappa shape index (κ3) is 6.57. The van der Waals surface area contributed by atoms with Crippen LogP contribution in [0.2, 0.25) is 0 Å². The van der Waals surface area contributed by atoms with Crippen LogP contribution in [0.25, 0.3) is 0 Å². The van der Waals surface area contributed by atoms with Gasteiger partial charge >= 0.3 is 0 Å². The second-order valence-electron chi connectivity index (χ2n) is 8.99. The molecule has 13 heteroatoms. The average molecular weight is 544 g/mol. The second kappa shape index (κ2) is 11.9. The van der Waals surface area contributed by atoms with E-state index < -0.39 is 33.0 Å². The first-order chi connectivity index (χ1) is 17.2. The van der Waals surface area contributed by atoms with Crippen molar-refractivity contribution >= 4 is 38.1 Å². The van der Waals surface area contributed by atoms with Gasteiger partial charge in [0.15, 0.2) is 5.13 Å². The van der Waals surface area contributed by atoms with Crippen LogP contribution >= 0.6 is 11.3 Å². The van der Waals surface area contributed by atoms with E-state index in [0.717, 1.165) is 49.5 Å². The Kier molecular flexibility index (Phi) is 8.88. The maximum Gasteiger partial charge on any atom is 0.214 e. The molecule has 2 aliphatic heterocycles. The number of benzene rings is 1. The number of aromatic nitrogens is 1. The minimum Gasteiger partial charge on any atom is -0.382 e. The van der Waals surface area contributed by atoms with E-state index in [4.69, 9.17) is 10.5 Å². The summed E-state index contributed by atoms with van der Waals surface area (Å²) in [5.41, 5.74) is 5.19. The summed E-state index contributed by atoms with van der Waals surface area (Å²) in [6, 6.07) is 3.14. The zero-order valence-electron chi connectivity index (χ0n) is 19.8. The first-order valence-electron chi connectivity index (χ1n) is 12.1. The highest BCUT2D eigenvalue weighted by molar-refractivity contribution is 7.89. The van der Waals surface area contributed by atoms with Gasteiger partial charge in [0.2, 0.25) is 15.8 Å². The summed E-state index contributed by atoms with van der Waals surface area (Å²) < 4.78 is 60.5. The summed E-state index contributed by atoms with van der Waals surface area (Å²) in [5.74, 6) is -2.81. The molecule has 4 N–H and O–H groups in total. The molecule has 2 saturated heterocycles. The van der Waals surface area contributed by atoms with Gasteiger partial charge in [-0.15, -0.1) is 0 Å². The molecule has 2 aliphatic rings. The summed E-state index contributed by atoms with van der Waals surface area (Å²) in [6.07, 6.45) is 4.00. The Labute approximate surface area is 213 Å². The van der Waals surface area contributed by atoms with Crippen molar-refractivity contribution in [1.82, 2.24) is 14.6 Å². The zero-order valence-corrected chi connectivity index (χ0v) is 21.5. The Morgan fingerprint density at radius 2 is 1.94 bits per heavy atom. The molecule has 0 radical (unpaired) electrons. The molecule has 2 aromatic rings. The summed E-state index contributed by atoms with van der Waals surface area (Å²) in [4.78, 5) is 16.8. The number of nitrogen functional groups attached to an aromatic ring is 1. The molecule has 2 fully saturated rings. The van der Waals surface area contributed by atoms with Crippen LogP contribution in [0.3, 0.4) is 0 Å². The van der Waals surface area contributed by atoms with Crippen LogP contribution in [0.4, 0.5) is 19.7 Å². The van der Waals surface area contributed by atoms with Gasteiger partial charge in [-0.2, -0.15) is 0 Å². The van der Waals surface area contributed by atoms with Gasteiger partial charge in [-0.05, 0) is 50.8 Å². The molecule has 1 atom stereocenters. The summed E-state index contributed by atoms with van der Waals surface area (Å²) in [5, 5.41) is 6.80. The van der Waals surface area contributed by atoms with Crippen LogP contribution in [-0.2, 0) is 14.8 Å². The number of carbonyl (C=O) groups excluding carboxylic acids is 1. The number of ketones is 1. The van der Waals surface area contributed by atoms with Gasteiger partial charge in [-0.3, -0.25) is 4.79 Å². The van der Waals surface area contributed by atoms with Crippen molar-refractivity contribution in [3.05, 3.63) is 40.3 Å². The molecule has 1 aromatic carbocycles. The SMILES string of the molecule is Nc1nc(NC2CCN(S(=O)(=O)CCCNCC3CCCO3)CC2)sc1C(=O)c1c(F)cccc1F. The monoisotopic (exact) mass is 543 g/mol. The Morgan fingerprint density at radius 1 is 1.22 bits per heavy atom. The predicted molar refractivity (Wildman–Crippen MR) is 135 cm³/mol. The van der Waals surface area contributed by atoms with Crippen molar-refractivity contribution < 1.29 is 26.7 Å². The number of thiazole rings is 1. The minimum atomic E-state index is -3.35. The summed E-state index contributed by atoms with van der Waals surface area (Å²) in [7, 11) is -3.35. The third-order valence-corrected chi connectivity index (χ3v) is 9.33. The fraction of sp³-hybridized carbons (Fsp3) is 0.565.